The molecule has 1 aromatic carbocycles. The van der Waals surface area contributed by atoms with Crippen molar-refractivity contribution in [1.82, 2.24) is 9.88 Å². The Hall–Kier alpha value is -1.92. The number of likely N-dealkylation sites (tertiary alicyclic amines) is 1. The highest BCUT2D eigenvalue weighted by Crippen LogP contribution is 2.39. The number of aryl methyl sites for hydroxylation is 1. The molecule has 6 heteroatoms. The first-order valence-electron chi connectivity index (χ1n) is 8.92. The Labute approximate surface area is 158 Å². The maximum atomic E-state index is 12.2. The predicted molar refractivity (Wildman–Crippen MR) is 103 cm³/mol. The molecule has 1 saturated heterocycles. The molecule has 2 heterocycles. The van der Waals surface area contributed by atoms with Crippen LogP contribution in [0, 0.1) is 6.92 Å². The topological polar surface area (TPSA) is 62.7 Å². The number of thiazole rings is 1. The molecule has 1 aliphatic heterocycles. The standard InChI is InChI=1S/C20H26N2O3S/c1-14-16(15-8-6-5-7-9-15)21-17(26-14)20(24)10-12-22(13-11-20)18(23)25-19(2,3)4/h5-9,24H,10-13H2,1-4H3. The second-order valence-electron chi connectivity index (χ2n) is 7.79. The lowest BCUT2D eigenvalue weighted by Crippen LogP contribution is -2.46. The third kappa shape index (κ3) is 4.07. The zero-order valence-corrected chi connectivity index (χ0v) is 16.6. The zero-order valence-electron chi connectivity index (χ0n) is 15.8. The second kappa shape index (κ2) is 7.00. The van der Waals surface area contributed by atoms with Crippen molar-refractivity contribution in [3.63, 3.8) is 0 Å². The highest BCUT2D eigenvalue weighted by Gasteiger charge is 2.39. The molecule has 0 saturated carbocycles. The third-order valence-corrected chi connectivity index (χ3v) is 5.65. The van der Waals surface area contributed by atoms with Crippen LogP contribution in [0.5, 0.6) is 0 Å². The van der Waals surface area contributed by atoms with Gasteiger partial charge in [-0.1, -0.05) is 30.3 Å². The maximum Gasteiger partial charge on any atom is 0.410 e. The van der Waals surface area contributed by atoms with Crippen LogP contribution in [0.3, 0.4) is 0 Å². The summed E-state index contributed by atoms with van der Waals surface area (Å²) >= 11 is 1.54. The molecule has 140 valence electrons. The molecule has 26 heavy (non-hydrogen) atoms. The van der Waals surface area contributed by atoms with Crippen LogP contribution >= 0.6 is 11.3 Å². The average Bonchev–Trinajstić information content (AvgIpc) is 2.97. The van der Waals surface area contributed by atoms with Crippen LogP contribution in [0.4, 0.5) is 4.79 Å². The van der Waals surface area contributed by atoms with Crippen molar-refractivity contribution in [3.05, 3.63) is 40.2 Å². The fourth-order valence-corrected chi connectivity index (χ4v) is 4.14. The van der Waals surface area contributed by atoms with Gasteiger partial charge >= 0.3 is 6.09 Å². The summed E-state index contributed by atoms with van der Waals surface area (Å²) in [6.45, 7) is 8.52. The van der Waals surface area contributed by atoms with Crippen LogP contribution in [0.15, 0.2) is 30.3 Å². The highest BCUT2D eigenvalue weighted by atomic mass is 32.1. The largest absolute Gasteiger partial charge is 0.444 e. The molecule has 1 N–H and O–H groups in total. The molecule has 1 aromatic heterocycles. The summed E-state index contributed by atoms with van der Waals surface area (Å²) in [5.41, 5.74) is 0.485. The smallest absolute Gasteiger partial charge is 0.410 e. The van der Waals surface area contributed by atoms with Gasteiger partial charge in [-0.2, -0.15) is 0 Å². The van der Waals surface area contributed by atoms with E-state index in [4.69, 9.17) is 9.72 Å². The van der Waals surface area contributed by atoms with E-state index < -0.39 is 11.2 Å². The lowest BCUT2D eigenvalue weighted by molar-refractivity contribution is -0.0356. The third-order valence-electron chi connectivity index (χ3n) is 4.48. The summed E-state index contributed by atoms with van der Waals surface area (Å²) in [4.78, 5) is 19.7. The van der Waals surface area contributed by atoms with Gasteiger partial charge in [-0.05, 0) is 27.7 Å². The van der Waals surface area contributed by atoms with Crippen LogP contribution < -0.4 is 0 Å². The fourth-order valence-electron chi connectivity index (χ4n) is 3.06. The van der Waals surface area contributed by atoms with Gasteiger partial charge in [-0.3, -0.25) is 0 Å². The summed E-state index contributed by atoms with van der Waals surface area (Å²) < 4.78 is 5.42. The van der Waals surface area contributed by atoms with Crippen molar-refractivity contribution in [1.29, 1.82) is 0 Å². The lowest BCUT2D eigenvalue weighted by atomic mass is 9.92. The molecular formula is C20H26N2O3S. The summed E-state index contributed by atoms with van der Waals surface area (Å²) in [6.07, 6.45) is 0.612. The van der Waals surface area contributed by atoms with Gasteiger partial charge < -0.3 is 14.7 Å². The second-order valence-corrected chi connectivity index (χ2v) is 8.99. The van der Waals surface area contributed by atoms with Gasteiger partial charge in [0.1, 0.15) is 16.2 Å². The van der Waals surface area contributed by atoms with E-state index >= 15 is 0 Å². The van der Waals surface area contributed by atoms with E-state index in [1.807, 2.05) is 58.0 Å². The molecule has 0 aliphatic carbocycles. The lowest BCUT2D eigenvalue weighted by Gasteiger charge is -2.37. The van der Waals surface area contributed by atoms with Gasteiger partial charge in [0.05, 0.1) is 5.69 Å². The molecular weight excluding hydrogens is 348 g/mol. The van der Waals surface area contributed by atoms with Gasteiger partial charge in [0.2, 0.25) is 0 Å². The number of aromatic nitrogens is 1. The zero-order chi connectivity index (χ0) is 18.9. The van der Waals surface area contributed by atoms with Crippen molar-refractivity contribution in [2.45, 2.75) is 51.7 Å². The van der Waals surface area contributed by atoms with Gasteiger partial charge in [0.15, 0.2) is 0 Å². The van der Waals surface area contributed by atoms with E-state index in [1.165, 1.54) is 11.3 Å². The monoisotopic (exact) mass is 374 g/mol. The van der Waals surface area contributed by atoms with E-state index in [9.17, 15) is 9.90 Å². The number of rotatable bonds is 2. The highest BCUT2D eigenvalue weighted by molar-refractivity contribution is 7.12. The first-order chi connectivity index (χ1) is 12.2. The van der Waals surface area contributed by atoms with Gasteiger partial charge in [-0.25, -0.2) is 9.78 Å². The molecule has 1 amide bonds. The molecule has 0 atom stereocenters. The quantitative estimate of drug-likeness (QED) is 0.849. The van der Waals surface area contributed by atoms with E-state index in [1.54, 1.807) is 4.90 Å². The van der Waals surface area contributed by atoms with Crippen LogP contribution in [0.2, 0.25) is 0 Å². The Bertz CT molecular complexity index is 772. The predicted octanol–water partition coefficient (Wildman–Crippen LogP) is 4.34. The number of carbonyl (C=O) groups excluding carboxylic acids is 1. The molecule has 1 fully saturated rings. The summed E-state index contributed by atoms with van der Waals surface area (Å²) in [7, 11) is 0. The average molecular weight is 375 g/mol. The van der Waals surface area contributed by atoms with Crippen LogP contribution in [0.25, 0.3) is 11.3 Å². The van der Waals surface area contributed by atoms with Crippen molar-refractivity contribution in [2.75, 3.05) is 13.1 Å². The summed E-state index contributed by atoms with van der Waals surface area (Å²) in [6, 6.07) is 10.0. The Morgan fingerprint density at radius 1 is 1.23 bits per heavy atom. The summed E-state index contributed by atoms with van der Waals surface area (Å²) in [5.74, 6) is 0. The molecule has 0 bridgehead atoms. The number of hydrogen-bond acceptors (Lipinski definition) is 5. The van der Waals surface area contributed by atoms with Crippen molar-refractivity contribution < 1.29 is 14.6 Å². The molecule has 0 unspecified atom stereocenters. The molecule has 0 spiro atoms. The Morgan fingerprint density at radius 2 is 1.85 bits per heavy atom. The molecule has 2 aromatic rings. The minimum Gasteiger partial charge on any atom is -0.444 e. The Morgan fingerprint density at radius 3 is 2.42 bits per heavy atom. The van der Waals surface area contributed by atoms with E-state index in [0.717, 1.165) is 21.1 Å². The number of carbonyl (C=O) groups is 1. The van der Waals surface area contributed by atoms with Gasteiger partial charge in [0.25, 0.3) is 0 Å². The van der Waals surface area contributed by atoms with Crippen LogP contribution in [-0.4, -0.2) is 39.8 Å². The van der Waals surface area contributed by atoms with Crippen molar-refractivity contribution in [2.24, 2.45) is 0 Å². The molecule has 1 aliphatic rings. The van der Waals surface area contributed by atoms with Crippen molar-refractivity contribution in [3.8, 4) is 11.3 Å². The van der Waals surface area contributed by atoms with Crippen LogP contribution in [0.1, 0.15) is 43.5 Å². The first-order valence-corrected chi connectivity index (χ1v) is 9.73. The molecule has 5 nitrogen and oxygen atoms in total. The number of ether oxygens (including phenoxy) is 1. The van der Waals surface area contributed by atoms with E-state index in [2.05, 4.69) is 0 Å². The minimum absolute atomic E-state index is 0.320. The van der Waals surface area contributed by atoms with Crippen molar-refractivity contribution >= 4 is 17.4 Å². The fraction of sp³-hybridized carbons (Fsp3) is 0.500. The van der Waals surface area contributed by atoms with E-state index in [-0.39, 0.29) is 6.09 Å². The van der Waals surface area contributed by atoms with E-state index in [0.29, 0.717) is 25.9 Å². The minimum atomic E-state index is -0.985. The number of aliphatic hydroxyl groups is 1. The molecule has 3 rings (SSSR count). The van der Waals surface area contributed by atoms with Gasteiger partial charge in [-0.15, -0.1) is 11.3 Å². The van der Waals surface area contributed by atoms with Crippen LogP contribution in [-0.2, 0) is 10.3 Å². The maximum absolute atomic E-state index is 12.2. The Kier molecular flexibility index (Phi) is 5.08. The summed E-state index contributed by atoms with van der Waals surface area (Å²) in [5, 5.41) is 11.9. The first kappa shape index (κ1) is 18.9. The number of hydrogen-bond donors (Lipinski definition) is 1. The molecule has 0 radical (unpaired) electrons. The Balaban J connectivity index is 1.72. The number of nitrogens with zero attached hydrogens (tertiary/aromatic N) is 2. The van der Waals surface area contributed by atoms with Gasteiger partial charge in [0, 0.05) is 36.4 Å². The normalized spacial score (nSPS) is 17.2. The number of piperidine rings is 1. The SMILES string of the molecule is Cc1sc(C2(O)CCN(C(=O)OC(C)(C)C)CC2)nc1-c1ccccc1. The number of benzene rings is 1. The number of amides is 1.